The summed E-state index contributed by atoms with van der Waals surface area (Å²) in [4.78, 5) is 24.4. The van der Waals surface area contributed by atoms with Gasteiger partial charge in [-0.15, -0.1) is 0 Å². The summed E-state index contributed by atoms with van der Waals surface area (Å²) in [5, 5.41) is 11.4. The summed E-state index contributed by atoms with van der Waals surface area (Å²) in [6, 6.07) is 0. The van der Waals surface area contributed by atoms with Crippen LogP contribution in [0.4, 0.5) is 0 Å². The number of aliphatic hydroxyl groups is 1. The molecule has 1 saturated carbocycles. The normalized spacial score (nSPS) is 54.0. The van der Waals surface area contributed by atoms with Crippen LogP contribution in [0, 0.1) is 17.3 Å². The molecule has 6 bridgehead atoms. The second-order valence-corrected chi connectivity index (χ2v) is 6.95. The molecule has 5 aliphatic rings. The highest BCUT2D eigenvalue weighted by Gasteiger charge is 2.76. The Kier molecular flexibility index (Phi) is 2.32. The Labute approximate surface area is 122 Å². The predicted octanol–water partition coefficient (Wildman–Crippen LogP) is 0.186. The second kappa shape index (κ2) is 3.67. The van der Waals surface area contributed by atoms with Gasteiger partial charge in [-0.05, 0) is 6.92 Å². The molecule has 0 aromatic rings. The van der Waals surface area contributed by atoms with E-state index >= 15 is 0 Å². The zero-order valence-corrected chi connectivity index (χ0v) is 12.0. The van der Waals surface area contributed by atoms with E-state index in [4.69, 9.17) is 14.2 Å². The number of hydrogen-bond acceptors (Lipinski definition) is 6. The Balaban J connectivity index is 1.95. The van der Waals surface area contributed by atoms with E-state index in [-0.39, 0.29) is 18.9 Å². The van der Waals surface area contributed by atoms with E-state index < -0.39 is 47.2 Å². The molecule has 5 fully saturated rings. The largest absolute Gasteiger partial charge is 0.457 e. The highest BCUT2D eigenvalue weighted by atomic mass is 16.6. The molecule has 4 heterocycles. The van der Waals surface area contributed by atoms with Crippen molar-refractivity contribution in [3.05, 3.63) is 12.2 Å². The first-order chi connectivity index (χ1) is 9.79. The summed E-state index contributed by atoms with van der Waals surface area (Å²) < 4.78 is 16.6. The van der Waals surface area contributed by atoms with Crippen LogP contribution in [0.3, 0.4) is 0 Å². The first-order valence-electron chi connectivity index (χ1n) is 7.20. The van der Waals surface area contributed by atoms with Gasteiger partial charge in [-0.25, -0.2) is 4.79 Å². The molecule has 0 aromatic heterocycles. The van der Waals surface area contributed by atoms with Gasteiger partial charge in [0.25, 0.3) is 0 Å². The molecule has 21 heavy (non-hydrogen) atoms. The van der Waals surface area contributed by atoms with Gasteiger partial charge in [0.2, 0.25) is 0 Å². The molecule has 0 radical (unpaired) electrons. The fraction of sp³-hybridized carbons (Fsp3) is 0.733. The Bertz CT molecular complexity index is 571. The molecular formula is C15H18O6. The Morgan fingerprint density at radius 3 is 2.71 bits per heavy atom. The van der Waals surface area contributed by atoms with Gasteiger partial charge in [0.05, 0.1) is 23.5 Å². The topological polar surface area (TPSA) is 82.1 Å². The molecule has 6 heteroatoms. The molecule has 4 aliphatic heterocycles. The van der Waals surface area contributed by atoms with Crippen molar-refractivity contribution in [2.75, 3.05) is 6.61 Å². The average Bonchev–Trinajstić information content (AvgIpc) is 2.64. The van der Waals surface area contributed by atoms with Crippen molar-refractivity contribution in [2.24, 2.45) is 17.3 Å². The molecule has 1 aliphatic carbocycles. The van der Waals surface area contributed by atoms with E-state index in [0.717, 1.165) is 5.57 Å². The van der Waals surface area contributed by atoms with Crippen LogP contribution in [0.5, 0.6) is 0 Å². The molecule has 0 aromatic carbocycles. The van der Waals surface area contributed by atoms with Crippen molar-refractivity contribution in [2.45, 2.75) is 44.2 Å². The lowest BCUT2D eigenvalue weighted by molar-refractivity contribution is -0.241. The molecule has 114 valence electrons. The van der Waals surface area contributed by atoms with Crippen molar-refractivity contribution in [3.8, 4) is 0 Å². The molecule has 7 unspecified atom stereocenters. The number of esters is 2. The fourth-order valence-corrected chi connectivity index (χ4v) is 4.62. The van der Waals surface area contributed by atoms with Crippen LogP contribution >= 0.6 is 0 Å². The van der Waals surface area contributed by atoms with Crippen molar-refractivity contribution in [1.29, 1.82) is 0 Å². The fourth-order valence-electron chi connectivity index (χ4n) is 4.62. The predicted molar refractivity (Wildman–Crippen MR) is 69.0 cm³/mol. The minimum absolute atomic E-state index is 0.0646. The number of carbonyl (C=O) groups excluding carboxylic acids is 2. The van der Waals surface area contributed by atoms with Crippen LogP contribution in [0.2, 0.25) is 0 Å². The standard InChI is InChI=1S/C15H18O6/c1-6(2)8-9-13(17)20-10(8)11-14(3)5-19-7(12(16)21-11)4-15(9,14)18/h7-11,18H,1,4-5H2,2-3H3. The lowest BCUT2D eigenvalue weighted by atomic mass is 9.52. The van der Waals surface area contributed by atoms with E-state index in [9.17, 15) is 14.7 Å². The van der Waals surface area contributed by atoms with E-state index in [1.165, 1.54) is 0 Å². The van der Waals surface area contributed by atoms with Crippen LogP contribution in [-0.4, -0.2) is 47.6 Å². The van der Waals surface area contributed by atoms with Gasteiger partial charge in [-0.2, -0.15) is 0 Å². The summed E-state index contributed by atoms with van der Waals surface area (Å²) >= 11 is 0. The third-order valence-electron chi connectivity index (χ3n) is 5.81. The third kappa shape index (κ3) is 1.31. The molecular weight excluding hydrogens is 276 g/mol. The SMILES string of the molecule is C=C(C)C1C2OC(=O)C1C1(O)CC3OCC1(C)C2OC3=O. The minimum Gasteiger partial charge on any atom is -0.457 e. The van der Waals surface area contributed by atoms with Gasteiger partial charge < -0.3 is 19.3 Å². The second-order valence-electron chi connectivity index (χ2n) is 6.95. The summed E-state index contributed by atoms with van der Waals surface area (Å²) in [7, 11) is 0. The number of carbonyl (C=O) groups is 2. The van der Waals surface area contributed by atoms with Crippen LogP contribution in [0.25, 0.3) is 0 Å². The van der Waals surface area contributed by atoms with Crippen LogP contribution < -0.4 is 0 Å². The van der Waals surface area contributed by atoms with Crippen LogP contribution in [-0.2, 0) is 23.8 Å². The first-order valence-corrected chi connectivity index (χ1v) is 7.20. The van der Waals surface area contributed by atoms with Gasteiger partial charge in [0, 0.05) is 12.3 Å². The van der Waals surface area contributed by atoms with Gasteiger partial charge in [0.1, 0.15) is 12.2 Å². The van der Waals surface area contributed by atoms with Gasteiger partial charge >= 0.3 is 11.9 Å². The number of hydrogen-bond donors (Lipinski definition) is 1. The average molecular weight is 294 g/mol. The zero-order valence-electron chi connectivity index (χ0n) is 12.0. The molecule has 5 rings (SSSR count). The molecule has 7 atom stereocenters. The lowest BCUT2D eigenvalue weighted by Crippen LogP contribution is -2.69. The zero-order chi connectivity index (χ0) is 15.2. The Morgan fingerprint density at radius 2 is 2.05 bits per heavy atom. The van der Waals surface area contributed by atoms with E-state index in [1.807, 2.05) is 13.8 Å². The van der Waals surface area contributed by atoms with Crippen LogP contribution in [0.1, 0.15) is 20.3 Å². The van der Waals surface area contributed by atoms with Crippen molar-refractivity contribution >= 4 is 11.9 Å². The maximum Gasteiger partial charge on any atom is 0.335 e. The molecule has 0 amide bonds. The monoisotopic (exact) mass is 294 g/mol. The van der Waals surface area contributed by atoms with Gasteiger partial charge in [0.15, 0.2) is 6.10 Å². The third-order valence-corrected chi connectivity index (χ3v) is 5.81. The van der Waals surface area contributed by atoms with Crippen molar-refractivity contribution < 1.29 is 28.9 Å². The van der Waals surface area contributed by atoms with Crippen LogP contribution in [0.15, 0.2) is 12.2 Å². The minimum atomic E-state index is -1.37. The van der Waals surface area contributed by atoms with Gasteiger partial charge in [-0.3, -0.25) is 4.79 Å². The lowest BCUT2D eigenvalue weighted by Gasteiger charge is -2.55. The maximum absolute atomic E-state index is 12.3. The molecule has 1 N–H and O–H groups in total. The number of ether oxygens (including phenoxy) is 3. The molecule has 0 spiro atoms. The van der Waals surface area contributed by atoms with Crippen molar-refractivity contribution in [3.63, 3.8) is 0 Å². The smallest absolute Gasteiger partial charge is 0.335 e. The summed E-state index contributed by atoms with van der Waals surface area (Å²) in [5.74, 6) is -1.95. The highest BCUT2D eigenvalue weighted by molar-refractivity contribution is 5.82. The summed E-state index contributed by atoms with van der Waals surface area (Å²) in [6.45, 7) is 7.73. The number of rotatable bonds is 1. The maximum atomic E-state index is 12.3. The number of fused-ring (bicyclic) bond motifs is 4. The molecule has 6 nitrogen and oxygen atoms in total. The quantitative estimate of drug-likeness (QED) is 0.549. The van der Waals surface area contributed by atoms with Gasteiger partial charge in [-0.1, -0.05) is 19.1 Å². The molecule has 4 saturated heterocycles. The highest BCUT2D eigenvalue weighted by Crippen LogP contribution is 2.62. The summed E-state index contributed by atoms with van der Waals surface area (Å²) in [5.41, 5.74) is -1.46. The van der Waals surface area contributed by atoms with Crippen molar-refractivity contribution in [1.82, 2.24) is 0 Å². The Hall–Kier alpha value is -1.40. The van der Waals surface area contributed by atoms with E-state index in [2.05, 4.69) is 6.58 Å². The van der Waals surface area contributed by atoms with E-state index in [1.54, 1.807) is 0 Å². The first kappa shape index (κ1) is 13.3. The van der Waals surface area contributed by atoms with E-state index in [0.29, 0.717) is 0 Å². The summed E-state index contributed by atoms with van der Waals surface area (Å²) in [6.07, 6.45) is -2.04. The Morgan fingerprint density at radius 1 is 1.33 bits per heavy atom.